The number of anilines is 1. The van der Waals surface area contributed by atoms with Crippen LogP contribution in [0.3, 0.4) is 0 Å². The Hall–Kier alpha value is -4.89. The van der Waals surface area contributed by atoms with Gasteiger partial charge < -0.3 is 48.4 Å². The van der Waals surface area contributed by atoms with Crippen LogP contribution in [-0.4, -0.2) is 94.2 Å². The first-order chi connectivity index (χ1) is 21.3. The summed E-state index contributed by atoms with van der Waals surface area (Å²) in [4.78, 5) is 77.4. The van der Waals surface area contributed by atoms with Gasteiger partial charge in [-0.15, -0.1) is 0 Å². The molecule has 2 aromatic rings. The molecule has 16 heteroatoms. The number of para-hydroxylation sites is 2. The van der Waals surface area contributed by atoms with Gasteiger partial charge in [0.2, 0.25) is 35.5 Å². The van der Waals surface area contributed by atoms with E-state index in [1.807, 2.05) is 38.1 Å². The van der Waals surface area contributed by atoms with Gasteiger partial charge >= 0.3 is 0 Å². The van der Waals surface area contributed by atoms with E-state index in [1.54, 1.807) is 6.92 Å². The highest BCUT2D eigenvalue weighted by Gasteiger charge is 2.38. The maximum atomic E-state index is 13.8. The average Bonchev–Trinajstić information content (AvgIpc) is 3.63. The van der Waals surface area contributed by atoms with Gasteiger partial charge in [0.25, 0.3) is 0 Å². The molecule has 1 saturated heterocycles. The number of aromatic amines is 1. The number of benzene rings is 1. The highest BCUT2D eigenvalue weighted by Crippen LogP contribution is 2.20. The average molecular weight is 628 g/mol. The molecule has 0 bridgehead atoms. The molecule has 3 rings (SSSR count). The lowest BCUT2D eigenvalue weighted by atomic mass is 10.0. The van der Waals surface area contributed by atoms with Gasteiger partial charge in [0, 0.05) is 13.1 Å². The van der Waals surface area contributed by atoms with Crippen molar-refractivity contribution in [2.24, 2.45) is 28.1 Å². The molecule has 1 aliphatic rings. The number of nitrogens with zero attached hydrogens (tertiary/aromatic N) is 3. The molecule has 0 spiro atoms. The number of nitrogens with two attached hydrogens (primary N) is 3. The fraction of sp³-hybridized carbons (Fsp3) is 0.552. The Bertz CT molecular complexity index is 1350. The summed E-state index contributed by atoms with van der Waals surface area (Å²) in [6, 6.07) is 3.93. The van der Waals surface area contributed by atoms with Crippen molar-refractivity contribution in [2.45, 2.75) is 77.0 Å². The monoisotopic (exact) mass is 627 g/mol. The van der Waals surface area contributed by atoms with E-state index in [-0.39, 0.29) is 31.4 Å². The van der Waals surface area contributed by atoms with Gasteiger partial charge in [0.05, 0.1) is 17.6 Å². The van der Waals surface area contributed by atoms with Crippen LogP contribution in [0.15, 0.2) is 29.3 Å². The van der Waals surface area contributed by atoms with E-state index in [0.717, 1.165) is 11.0 Å². The van der Waals surface area contributed by atoms with Crippen LogP contribution in [0.5, 0.6) is 0 Å². The highest BCUT2D eigenvalue weighted by atomic mass is 16.2. The molecule has 1 fully saturated rings. The van der Waals surface area contributed by atoms with E-state index in [4.69, 9.17) is 17.2 Å². The Morgan fingerprint density at radius 3 is 2.42 bits per heavy atom. The number of carbonyl (C=O) groups excluding carboxylic acids is 5. The van der Waals surface area contributed by atoms with Gasteiger partial charge in [-0.1, -0.05) is 26.0 Å². The number of guanidine groups is 1. The van der Waals surface area contributed by atoms with Gasteiger partial charge in [-0.3, -0.25) is 29.0 Å². The Labute approximate surface area is 261 Å². The minimum Gasteiger partial charge on any atom is -0.370 e. The second kappa shape index (κ2) is 16.3. The topological polar surface area (TPSA) is 256 Å². The zero-order chi connectivity index (χ0) is 33.1. The first-order valence-electron chi connectivity index (χ1n) is 15.1. The number of rotatable bonds is 16. The highest BCUT2D eigenvalue weighted by molar-refractivity contribution is 5.96. The number of imidazole rings is 1. The molecule has 45 heavy (non-hydrogen) atoms. The zero-order valence-corrected chi connectivity index (χ0v) is 26.0. The van der Waals surface area contributed by atoms with Crippen LogP contribution in [0.4, 0.5) is 5.95 Å². The third-order valence-corrected chi connectivity index (χ3v) is 7.31. The van der Waals surface area contributed by atoms with Crippen LogP contribution < -0.4 is 38.5 Å². The van der Waals surface area contributed by atoms with Crippen molar-refractivity contribution >= 4 is 52.5 Å². The Morgan fingerprint density at radius 1 is 1.04 bits per heavy atom. The molecule has 0 unspecified atom stereocenters. The number of nitrogens with one attached hydrogen (secondary N) is 5. The van der Waals surface area contributed by atoms with E-state index >= 15 is 0 Å². The maximum Gasteiger partial charge on any atom is 0.245 e. The number of primary amides is 1. The predicted molar refractivity (Wildman–Crippen MR) is 169 cm³/mol. The lowest BCUT2D eigenvalue weighted by molar-refractivity contribution is -0.142. The largest absolute Gasteiger partial charge is 0.370 e. The van der Waals surface area contributed by atoms with E-state index in [9.17, 15) is 24.0 Å². The van der Waals surface area contributed by atoms with Crippen LogP contribution in [0.2, 0.25) is 0 Å². The minimum atomic E-state index is -1.02. The second-order valence-corrected chi connectivity index (χ2v) is 11.5. The molecule has 1 aromatic heterocycles. The number of hydrogen-bond acceptors (Lipinski definition) is 8. The van der Waals surface area contributed by atoms with Crippen molar-refractivity contribution in [3.8, 4) is 0 Å². The molecule has 1 aliphatic heterocycles. The molecular weight excluding hydrogens is 582 g/mol. The number of hydrogen-bond donors (Lipinski definition) is 8. The first-order valence-corrected chi connectivity index (χ1v) is 15.1. The third-order valence-electron chi connectivity index (χ3n) is 7.31. The molecule has 5 amide bonds. The number of fused-ring (bicyclic) bond motifs is 1. The Kier molecular flexibility index (Phi) is 12.5. The number of H-pyrrole nitrogens is 1. The Morgan fingerprint density at radius 2 is 1.76 bits per heavy atom. The van der Waals surface area contributed by atoms with E-state index in [0.29, 0.717) is 38.2 Å². The van der Waals surface area contributed by atoms with E-state index < -0.39 is 53.7 Å². The van der Waals surface area contributed by atoms with Gasteiger partial charge in [-0.05, 0) is 57.1 Å². The molecule has 16 nitrogen and oxygen atoms in total. The smallest absolute Gasteiger partial charge is 0.245 e. The second-order valence-electron chi connectivity index (χ2n) is 11.5. The molecule has 0 saturated carbocycles. The SMILES string of the molecule is CC(C)C[C@H](NC(=O)[C@@H](C)Nc1nc2ccccc2[nH]1)C(=O)N[C@@H](CCCN=C(N)N)C(=O)N1CCC[C@H]1C(=O)NCC(N)=O. The van der Waals surface area contributed by atoms with Crippen LogP contribution in [0, 0.1) is 5.92 Å². The number of carbonyl (C=O) groups is 5. The number of aliphatic imine (C=N–C) groups is 1. The minimum absolute atomic E-state index is 0.0348. The summed E-state index contributed by atoms with van der Waals surface area (Å²) < 4.78 is 0. The first kappa shape index (κ1) is 34.6. The van der Waals surface area contributed by atoms with Crippen LogP contribution in [-0.2, 0) is 24.0 Å². The molecule has 0 aliphatic carbocycles. The summed E-state index contributed by atoms with van der Waals surface area (Å²) in [6.45, 7) is 5.66. The standard InChI is InChI=1S/C29H45N11O5/c1-16(2)14-21(37-24(42)17(3)35-29-38-18-8-4-5-9-19(18)39-29)25(43)36-20(10-6-12-33-28(31)32)27(45)40-13-7-11-22(40)26(44)34-15-23(30)41/h4-5,8-9,16-17,20-22H,6-7,10-15H2,1-3H3,(H2,30,41)(H,34,44)(H,36,43)(H,37,42)(H4,31,32,33)(H2,35,38,39)/t17-,20+,21+,22+/m1/s1. The van der Waals surface area contributed by atoms with Gasteiger partial charge in [-0.2, -0.15) is 0 Å². The predicted octanol–water partition coefficient (Wildman–Crippen LogP) is -0.975. The summed E-state index contributed by atoms with van der Waals surface area (Å²) in [5.41, 5.74) is 17.6. The normalized spacial score (nSPS) is 16.4. The summed E-state index contributed by atoms with van der Waals surface area (Å²) in [5.74, 6) is -2.29. The molecule has 246 valence electrons. The van der Waals surface area contributed by atoms with Crippen molar-refractivity contribution in [1.82, 2.24) is 30.8 Å². The lowest BCUT2D eigenvalue weighted by Gasteiger charge is -2.30. The van der Waals surface area contributed by atoms with Crippen molar-refractivity contribution in [2.75, 3.05) is 25.0 Å². The summed E-state index contributed by atoms with van der Waals surface area (Å²) >= 11 is 0. The van der Waals surface area contributed by atoms with Crippen molar-refractivity contribution in [1.29, 1.82) is 0 Å². The van der Waals surface area contributed by atoms with Gasteiger partial charge in [0.1, 0.15) is 24.2 Å². The summed E-state index contributed by atoms with van der Waals surface area (Å²) in [6.07, 6.45) is 1.82. The lowest BCUT2D eigenvalue weighted by Crippen LogP contribution is -2.57. The third kappa shape index (κ3) is 10.4. The van der Waals surface area contributed by atoms with Gasteiger partial charge in [0.15, 0.2) is 5.96 Å². The fourth-order valence-electron chi connectivity index (χ4n) is 5.12. The quantitative estimate of drug-likeness (QED) is 0.0646. The maximum absolute atomic E-state index is 13.8. The molecule has 2 heterocycles. The number of aromatic nitrogens is 2. The molecule has 1 aromatic carbocycles. The summed E-state index contributed by atoms with van der Waals surface area (Å²) in [5, 5.41) is 11.1. The van der Waals surface area contributed by atoms with Crippen LogP contribution >= 0.6 is 0 Å². The van der Waals surface area contributed by atoms with E-state index in [1.165, 1.54) is 4.90 Å². The Balaban J connectivity index is 1.72. The fourth-order valence-corrected chi connectivity index (χ4v) is 5.12. The number of amides is 5. The number of likely N-dealkylation sites (tertiary alicyclic amines) is 1. The van der Waals surface area contributed by atoms with Crippen LogP contribution in [0.1, 0.15) is 52.9 Å². The molecule has 4 atom stereocenters. The van der Waals surface area contributed by atoms with Crippen LogP contribution in [0.25, 0.3) is 11.0 Å². The van der Waals surface area contributed by atoms with Crippen molar-refractivity contribution in [3.63, 3.8) is 0 Å². The van der Waals surface area contributed by atoms with Gasteiger partial charge in [-0.25, -0.2) is 4.98 Å². The molecule has 0 radical (unpaired) electrons. The van der Waals surface area contributed by atoms with Crippen molar-refractivity contribution < 1.29 is 24.0 Å². The zero-order valence-electron chi connectivity index (χ0n) is 26.0. The van der Waals surface area contributed by atoms with Crippen molar-refractivity contribution in [3.05, 3.63) is 24.3 Å². The molecular formula is C29H45N11O5. The molecule has 11 N–H and O–H groups in total. The van der Waals surface area contributed by atoms with E-state index in [2.05, 4.69) is 36.2 Å². The summed E-state index contributed by atoms with van der Waals surface area (Å²) in [7, 11) is 0.